The van der Waals surface area contributed by atoms with E-state index in [1.54, 1.807) is 30.3 Å². The Labute approximate surface area is 306 Å². The quantitative estimate of drug-likeness (QED) is 0.0506. The summed E-state index contributed by atoms with van der Waals surface area (Å²) >= 11 is 0. The molecule has 0 aromatic heterocycles. The first kappa shape index (κ1) is 43.8. The number of ether oxygens (including phenoxy) is 1. The lowest BCUT2D eigenvalue weighted by Gasteiger charge is -2.40. The van der Waals surface area contributed by atoms with Gasteiger partial charge in [-0.15, -0.1) is 0 Å². The van der Waals surface area contributed by atoms with Crippen LogP contribution in [0.4, 0.5) is 57.1 Å². The average Bonchev–Trinajstić information content (AvgIpc) is 3.11. The topological polar surface area (TPSA) is 26.3 Å². The van der Waals surface area contributed by atoms with Crippen molar-refractivity contribution in [2.45, 2.75) is 48.6 Å². The highest BCUT2D eigenvalue weighted by atomic mass is 79.9. The number of hydrogen-bond donors (Lipinski definition) is 0. The van der Waals surface area contributed by atoms with Crippen molar-refractivity contribution in [3.8, 4) is 5.75 Å². The van der Waals surface area contributed by atoms with Crippen LogP contribution in [0.5, 0.6) is 5.75 Å². The maximum absolute atomic E-state index is 15.2. The van der Waals surface area contributed by atoms with Crippen LogP contribution in [0.2, 0.25) is 0 Å². The standard InChI is InChI=1S/C36H29F13O2P.BrH/c37-31(38,32(39,40)33(41,42)34(43,44)35(45,46)36(47,48)49)21-24-52(28-13-6-2-7-14-28,29-15-8-3-9-16-29)23-10-22-51-27-19-17-26(18-20-27)30(50)25-11-4-1-5-12-25;/h1-9,11-20H,10,21-24H2;1H/q+1;/p-1. The molecule has 0 radical (unpaired) electrons. The minimum atomic E-state index is -7.96. The third kappa shape index (κ3) is 8.53. The monoisotopic (exact) mass is 850 g/mol. The zero-order valence-corrected chi connectivity index (χ0v) is 29.5. The Hall–Kier alpha value is -3.65. The lowest BCUT2D eigenvalue weighted by molar-refractivity contribution is -0.439. The van der Waals surface area contributed by atoms with Crippen LogP contribution in [0.3, 0.4) is 0 Å². The van der Waals surface area contributed by atoms with Gasteiger partial charge in [-0.05, 0) is 48.5 Å². The van der Waals surface area contributed by atoms with Crippen molar-refractivity contribution in [2.24, 2.45) is 0 Å². The smallest absolute Gasteiger partial charge is 0.460 e. The predicted octanol–water partition coefficient (Wildman–Crippen LogP) is 7.49. The van der Waals surface area contributed by atoms with E-state index in [4.69, 9.17) is 4.74 Å². The number of carbonyl (C=O) groups is 1. The summed E-state index contributed by atoms with van der Waals surface area (Å²) in [7, 11) is -3.39. The molecule has 4 aromatic rings. The van der Waals surface area contributed by atoms with E-state index in [2.05, 4.69) is 0 Å². The Balaban J connectivity index is 0.00000756. The molecule has 0 unspecified atom stereocenters. The summed E-state index contributed by atoms with van der Waals surface area (Å²) in [6, 6.07) is 29.2. The van der Waals surface area contributed by atoms with Crippen LogP contribution in [0.1, 0.15) is 28.8 Å². The summed E-state index contributed by atoms with van der Waals surface area (Å²) in [5.41, 5.74) is 0.790. The molecule has 0 heterocycles. The summed E-state index contributed by atoms with van der Waals surface area (Å²) in [6.07, 6.45) is -10.9. The highest BCUT2D eigenvalue weighted by Gasteiger charge is 2.90. The Morgan fingerprint density at radius 2 is 0.925 bits per heavy atom. The van der Waals surface area contributed by atoms with E-state index in [1.807, 2.05) is 0 Å². The van der Waals surface area contributed by atoms with Gasteiger partial charge in [0.05, 0.1) is 43.2 Å². The van der Waals surface area contributed by atoms with Gasteiger partial charge in [-0.1, -0.05) is 66.7 Å². The van der Waals surface area contributed by atoms with Gasteiger partial charge in [-0.25, -0.2) is 0 Å². The fourth-order valence-corrected chi connectivity index (χ4v) is 9.85. The third-order valence-electron chi connectivity index (χ3n) is 8.41. The zero-order chi connectivity index (χ0) is 38.6. The number of ketones is 1. The molecule has 4 aromatic carbocycles. The minimum absolute atomic E-state index is 0. The maximum atomic E-state index is 15.2. The van der Waals surface area contributed by atoms with Crippen LogP contribution in [0.15, 0.2) is 115 Å². The van der Waals surface area contributed by atoms with Crippen molar-refractivity contribution < 1.29 is 83.6 Å². The molecule has 0 aliphatic carbocycles. The van der Waals surface area contributed by atoms with Gasteiger partial charge in [-0.2, -0.15) is 57.1 Å². The number of hydrogen-bond acceptors (Lipinski definition) is 2. The van der Waals surface area contributed by atoms with Crippen molar-refractivity contribution in [1.29, 1.82) is 0 Å². The van der Waals surface area contributed by atoms with Crippen LogP contribution in [0, 0.1) is 0 Å². The Kier molecular flexibility index (Phi) is 13.5. The summed E-state index contributed by atoms with van der Waals surface area (Å²) in [6.45, 7) is -0.114. The van der Waals surface area contributed by atoms with Gasteiger partial charge in [0.15, 0.2) is 5.78 Å². The molecule has 0 spiro atoms. The highest BCUT2D eigenvalue weighted by molar-refractivity contribution is 7.89. The van der Waals surface area contributed by atoms with Crippen molar-refractivity contribution >= 4 is 23.7 Å². The SMILES string of the molecule is O=C(c1ccccc1)c1ccc(OCCC[P+](CCC(F)(F)C(F)(F)C(F)(F)C(F)(F)C(F)(F)C(F)(F)F)(c2ccccc2)c2ccccc2)cc1.[Br-]. The first-order chi connectivity index (χ1) is 24.1. The highest BCUT2D eigenvalue weighted by Crippen LogP contribution is 2.63. The van der Waals surface area contributed by atoms with E-state index in [-0.39, 0.29) is 47.7 Å². The molecule has 0 fully saturated rings. The largest absolute Gasteiger partial charge is 1.00 e. The van der Waals surface area contributed by atoms with E-state index in [1.165, 1.54) is 84.9 Å². The van der Waals surface area contributed by atoms with E-state index < -0.39 is 55.6 Å². The van der Waals surface area contributed by atoms with E-state index in [0.29, 0.717) is 21.7 Å². The maximum Gasteiger partial charge on any atom is 0.460 e. The number of carbonyl (C=O) groups excluding carboxylic acids is 1. The summed E-state index contributed by atoms with van der Waals surface area (Å²) in [4.78, 5) is 12.7. The minimum Gasteiger partial charge on any atom is -1.00 e. The molecule has 53 heavy (non-hydrogen) atoms. The molecule has 2 nitrogen and oxygen atoms in total. The van der Waals surface area contributed by atoms with Gasteiger partial charge in [0.25, 0.3) is 0 Å². The molecule has 4 rings (SSSR count). The van der Waals surface area contributed by atoms with Crippen LogP contribution in [0.25, 0.3) is 0 Å². The second-order valence-electron chi connectivity index (χ2n) is 11.8. The molecule has 0 atom stereocenters. The molecule has 0 bridgehead atoms. The van der Waals surface area contributed by atoms with E-state index in [9.17, 15) is 53.1 Å². The first-order valence-corrected chi connectivity index (χ1v) is 17.5. The molecular weight excluding hydrogens is 822 g/mol. The molecule has 17 heteroatoms. The van der Waals surface area contributed by atoms with Crippen molar-refractivity contribution in [3.63, 3.8) is 0 Å². The predicted molar refractivity (Wildman–Crippen MR) is 171 cm³/mol. The molecule has 0 amide bonds. The molecule has 288 valence electrons. The number of rotatable bonds is 16. The van der Waals surface area contributed by atoms with Gasteiger partial charge in [0, 0.05) is 17.5 Å². The van der Waals surface area contributed by atoms with E-state index in [0.717, 1.165) is 0 Å². The lowest BCUT2D eigenvalue weighted by Crippen LogP contribution is -3.00. The average molecular weight is 851 g/mol. The van der Waals surface area contributed by atoms with Gasteiger partial charge in [0.1, 0.15) is 5.75 Å². The molecule has 0 aliphatic rings. The van der Waals surface area contributed by atoms with Crippen LogP contribution in [-0.2, 0) is 0 Å². The molecule has 0 saturated heterocycles. The van der Waals surface area contributed by atoms with Crippen molar-refractivity contribution in [3.05, 3.63) is 126 Å². The van der Waals surface area contributed by atoms with Crippen molar-refractivity contribution in [2.75, 3.05) is 18.9 Å². The molecule has 0 aliphatic heterocycles. The zero-order valence-electron chi connectivity index (χ0n) is 27.1. The second kappa shape index (κ2) is 16.4. The normalized spacial score (nSPS) is 13.3. The fraction of sp³-hybridized carbons (Fsp3) is 0.306. The van der Waals surface area contributed by atoms with Crippen LogP contribution < -0.4 is 32.3 Å². The number of halogens is 14. The van der Waals surface area contributed by atoms with Gasteiger partial charge >= 0.3 is 35.8 Å². The number of benzene rings is 4. The lowest BCUT2D eigenvalue weighted by atomic mass is 9.93. The summed E-state index contributed by atoms with van der Waals surface area (Å²) in [5, 5.41) is 0.592. The van der Waals surface area contributed by atoms with Gasteiger partial charge in [0.2, 0.25) is 0 Å². The summed E-state index contributed by atoms with van der Waals surface area (Å²) < 4.78 is 187. The first-order valence-electron chi connectivity index (χ1n) is 15.4. The molecule has 0 N–H and O–H groups in total. The third-order valence-corrected chi connectivity index (χ3v) is 13.1. The van der Waals surface area contributed by atoms with Gasteiger partial charge < -0.3 is 21.7 Å². The van der Waals surface area contributed by atoms with Crippen molar-refractivity contribution in [1.82, 2.24) is 0 Å². The van der Waals surface area contributed by atoms with E-state index >= 15 is 8.78 Å². The molecular formula is C36H29BrF13O2P. The molecule has 0 saturated carbocycles. The van der Waals surface area contributed by atoms with Crippen LogP contribution in [-0.4, -0.2) is 60.5 Å². The number of alkyl halides is 13. The Morgan fingerprint density at radius 1 is 0.509 bits per heavy atom. The van der Waals surface area contributed by atoms with Crippen LogP contribution >= 0.6 is 7.26 Å². The Morgan fingerprint density at radius 3 is 1.38 bits per heavy atom. The van der Waals surface area contributed by atoms with Gasteiger partial charge in [-0.3, -0.25) is 4.79 Å². The summed E-state index contributed by atoms with van der Waals surface area (Å²) in [5.74, 6) is -37.1. The second-order valence-corrected chi connectivity index (χ2v) is 15.6. The fourth-order valence-electron chi connectivity index (χ4n) is 5.48. The Bertz CT molecular complexity index is 1730.